The van der Waals surface area contributed by atoms with Crippen LogP contribution in [0.25, 0.3) is 0 Å². The fraction of sp³-hybridized carbons (Fsp3) is 0.423. The van der Waals surface area contributed by atoms with Gasteiger partial charge in [-0.2, -0.15) is 0 Å². The van der Waals surface area contributed by atoms with Gasteiger partial charge in [-0.3, -0.25) is 4.79 Å². The second-order valence-electron chi connectivity index (χ2n) is 8.63. The molecule has 4 heteroatoms. The molecule has 0 aromatic heterocycles. The predicted molar refractivity (Wildman–Crippen MR) is 119 cm³/mol. The van der Waals surface area contributed by atoms with Crippen molar-refractivity contribution in [2.45, 2.75) is 52.4 Å². The molecule has 2 aromatic rings. The Morgan fingerprint density at radius 1 is 1.20 bits per heavy atom. The predicted octanol–water partition coefficient (Wildman–Crippen LogP) is 6.02. The molecule has 0 heterocycles. The van der Waals surface area contributed by atoms with Crippen LogP contribution in [0.5, 0.6) is 17.2 Å². The maximum atomic E-state index is 13.0. The molecule has 4 nitrogen and oxygen atoms in total. The fourth-order valence-corrected chi connectivity index (χ4v) is 4.57. The topological polar surface area (TPSA) is 66.8 Å². The average Bonchev–Trinajstić information content (AvgIpc) is 2.72. The maximum absolute atomic E-state index is 13.0. The lowest BCUT2D eigenvalue weighted by atomic mass is 9.71. The molecule has 0 unspecified atom stereocenters. The van der Waals surface area contributed by atoms with E-state index >= 15 is 0 Å². The van der Waals surface area contributed by atoms with Crippen LogP contribution in [0.15, 0.2) is 48.0 Å². The van der Waals surface area contributed by atoms with Gasteiger partial charge in [0, 0.05) is 24.0 Å². The van der Waals surface area contributed by atoms with Gasteiger partial charge in [-0.1, -0.05) is 55.8 Å². The summed E-state index contributed by atoms with van der Waals surface area (Å²) in [6, 6.07) is 11.2. The van der Waals surface area contributed by atoms with E-state index in [1.165, 1.54) is 18.7 Å². The zero-order chi connectivity index (χ0) is 21.8. The number of hydrogen-bond donors (Lipinski definition) is 2. The molecular weight excluding hydrogens is 376 g/mol. The first-order valence-corrected chi connectivity index (χ1v) is 10.7. The number of benzene rings is 2. The maximum Gasteiger partial charge on any atom is 0.170 e. The zero-order valence-corrected chi connectivity index (χ0v) is 18.3. The number of phenols is 2. The van der Waals surface area contributed by atoms with Gasteiger partial charge in [-0.05, 0) is 43.6 Å². The highest BCUT2D eigenvalue weighted by Gasteiger charge is 2.34. The highest BCUT2D eigenvalue weighted by molar-refractivity contribution is 6.02. The number of carbonyl (C=O) groups is 1. The van der Waals surface area contributed by atoms with Crippen LogP contribution in [0, 0.1) is 11.8 Å². The zero-order valence-electron chi connectivity index (χ0n) is 18.3. The molecule has 0 amide bonds. The van der Waals surface area contributed by atoms with Gasteiger partial charge in [-0.15, -0.1) is 0 Å². The Bertz CT molecular complexity index is 928. The van der Waals surface area contributed by atoms with E-state index in [2.05, 4.69) is 26.8 Å². The van der Waals surface area contributed by atoms with Crippen molar-refractivity contribution in [2.75, 3.05) is 7.11 Å². The second-order valence-corrected chi connectivity index (χ2v) is 8.63. The van der Waals surface area contributed by atoms with Crippen molar-refractivity contribution in [1.29, 1.82) is 0 Å². The van der Waals surface area contributed by atoms with Crippen LogP contribution < -0.4 is 4.74 Å². The number of rotatable bonds is 7. The molecular formula is C26H32O4. The van der Waals surface area contributed by atoms with Gasteiger partial charge < -0.3 is 14.9 Å². The number of aromatic hydroxyl groups is 2. The van der Waals surface area contributed by atoms with Crippen LogP contribution >= 0.6 is 0 Å². The van der Waals surface area contributed by atoms with Crippen molar-refractivity contribution in [3.05, 3.63) is 64.7 Å². The van der Waals surface area contributed by atoms with Crippen molar-refractivity contribution in [1.82, 2.24) is 0 Å². The number of aryl methyl sites for hydroxylation is 1. The molecule has 2 aromatic carbocycles. The minimum absolute atomic E-state index is 0.000800. The third-order valence-corrected chi connectivity index (χ3v) is 6.25. The smallest absolute Gasteiger partial charge is 0.170 e. The Kier molecular flexibility index (Phi) is 6.86. The Labute approximate surface area is 179 Å². The molecule has 0 radical (unpaired) electrons. The quantitative estimate of drug-likeness (QED) is 0.434. The van der Waals surface area contributed by atoms with Crippen LogP contribution in [-0.4, -0.2) is 23.1 Å². The summed E-state index contributed by atoms with van der Waals surface area (Å²) in [4.78, 5) is 13.0. The molecule has 0 saturated heterocycles. The Hall–Kier alpha value is -2.75. The van der Waals surface area contributed by atoms with E-state index in [1.807, 2.05) is 30.3 Å². The minimum atomic E-state index is -0.268. The molecule has 0 aliphatic heterocycles. The molecule has 2 N–H and O–H groups in total. The highest BCUT2D eigenvalue weighted by Crippen LogP contribution is 2.49. The van der Waals surface area contributed by atoms with Gasteiger partial charge in [0.2, 0.25) is 0 Å². The van der Waals surface area contributed by atoms with E-state index in [0.717, 1.165) is 18.4 Å². The molecule has 160 valence electrons. The molecule has 0 bridgehead atoms. The molecule has 0 spiro atoms. The van der Waals surface area contributed by atoms with E-state index in [9.17, 15) is 15.0 Å². The molecule has 2 atom stereocenters. The monoisotopic (exact) mass is 408 g/mol. The number of ketones is 1. The van der Waals surface area contributed by atoms with E-state index < -0.39 is 0 Å². The number of methoxy groups -OCH3 is 1. The summed E-state index contributed by atoms with van der Waals surface area (Å²) >= 11 is 0. The van der Waals surface area contributed by atoms with Gasteiger partial charge in [0.1, 0.15) is 22.8 Å². The van der Waals surface area contributed by atoms with Crippen molar-refractivity contribution >= 4 is 5.78 Å². The van der Waals surface area contributed by atoms with Crippen LogP contribution in [0.2, 0.25) is 0 Å². The summed E-state index contributed by atoms with van der Waals surface area (Å²) < 4.78 is 5.53. The lowest BCUT2D eigenvalue weighted by molar-refractivity contribution is 0.0977. The van der Waals surface area contributed by atoms with Crippen molar-refractivity contribution < 1.29 is 19.7 Å². The van der Waals surface area contributed by atoms with Crippen LogP contribution in [-0.2, 0) is 6.42 Å². The number of allylic oxidation sites excluding steroid dienone is 2. The van der Waals surface area contributed by atoms with Crippen molar-refractivity contribution in [2.24, 2.45) is 11.8 Å². The largest absolute Gasteiger partial charge is 0.507 e. The second kappa shape index (κ2) is 9.38. The van der Waals surface area contributed by atoms with Gasteiger partial charge in [0.25, 0.3) is 0 Å². The standard InChI is InChI=1S/C26H32O4/c1-16(2)19-12-10-17(3)14-20(19)24-23(30-4)15-22(28)25(26(24)29)21(27)13-11-18-8-6-5-7-9-18/h5-9,14-16,19-20,28-29H,10-13H2,1-4H3/t19-,20+/m1/s1. The summed E-state index contributed by atoms with van der Waals surface area (Å²) in [6.07, 6.45) is 5.00. The molecule has 30 heavy (non-hydrogen) atoms. The highest BCUT2D eigenvalue weighted by atomic mass is 16.5. The minimum Gasteiger partial charge on any atom is -0.507 e. The number of carbonyl (C=O) groups excluding carboxylic acids is 1. The van der Waals surface area contributed by atoms with Crippen molar-refractivity contribution in [3.8, 4) is 17.2 Å². The lowest BCUT2D eigenvalue weighted by Crippen LogP contribution is -2.22. The van der Waals surface area contributed by atoms with Gasteiger partial charge in [-0.25, -0.2) is 0 Å². The van der Waals surface area contributed by atoms with E-state index in [4.69, 9.17) is 4.74 Å². The number of hydrogen-bond acceptors (Lipinski definition) is 4. The summed E-state index contributed by atoms with van der Waals surface area (Å²) in [6.45, 7) is 6.46. The van der Waals surface area contributed by atoms with E-state index in [1.54, 1.807) is 0 Å². The molecule has 0 saturated carbocycles. The van der Waals surface area contributed by atoms with Crippen LogP contribution in [0.3, 0.4) is 0 Å². The molecule has 1 aliphatic carbocycles. The SMILES string of the molecule is COc1cc(O)c(C(=O)CCc2ccccc2)c(O)c1[C@H]1C=C(C)CC[C@@H]1C(C)C. The lowest BCUT2D eigenvalue weighted by Gasteiger charge is -2.34. The van der Waals surface area contributed by atoms with Crippen LogP contribution in [0.4, 0.5) is 0 Å². The molecule has 1 aliphatic rings. The first kappa shape index (κ1) is 21.9. The average molecular weight is 409 g/mol. The summed E-state index contributed by atoms with van der Waals surface area (Å²) in [7, 11) is 1.53. The molecule has 3 rings (SSSR count). The third-order valence-electron chi connectivity index (χ3n) is 6.25. The first-order valence-electron chi connectivity index (χ1n) is 10.7. The van der Waals surface area contributed by atoms with Gasteiger partial charge in [0.15, 0.2) is 5.78 Å². The Morgan fingerprint density at radius 3 is 2.53 bits per heavy atom. The van der Waals surface area contributed by atoms with Crippen LogP contribution in [0.1, 0.15) is 67.4 Å². The number of phenolic OH excluding ortho intramolecular Hbond substituents is 2. The van der Waals surface area contributed by atoms with Gasteiger partial charge in [0.05, 0.1) is 7.11 Å². The summed E-state index contributed by atoms with van der Waals surface area (Å²) in [5.74, 6) is 0.451. The van der Waals surface area contributed by atoms with Gasteiger partial charge >= 0.3 is 0 Å². The Morgan fingerprint density at radius 2 is 1.90 bits per heavy atom. The molecule has 0 fully saturated rings. The summed E-state index contributed by atoms with van der Waals surface area (Å²) in [5, 5.41) is 21.7. The number of ether oxygens (including phenoxy) is 1. The Balaban J connectivity index is 2.01. The third kappa shape index (κ3) is 4.53. The first-order chi connectivity index (χ1) is 14.3. The summed E-state index contributed by atoms with van der Waals surface area (Å²) in [5.41, 5.74) is 2.92. The van der Waals surface area contributed by atoms with E-state index in [-0.39, 0.29) is 35.2 Å². The van der Waals surface area contributed by atoms with E-state index in [0.29, 0.717) is 29.6 Å². The van der Waals surface area contributed by atoms with Crippen molar-refractivity contribution in [3.63, 3.8) is 0 Å². The number of Topliss-reactive ketones (excluding diaryl/α,β-unsaturated/α-hetero) is 1. The normalized spacial score (nSPS) is 18.9. The fourth-order valence-electron chi connectivity index (χ4n) is 4.57.